The monoisotopic (exact) mass is 441 g/mol. The van der Waals surface area contributed by atoms with Crippen molar-refractivity contribution in [1.29, 1.82) is 0 Å². The van der Waals surface area contributed by atoms with Crippen molar-refractivity contribution in [3.8, 4) is 0 Å². The first-order chi connectivity index (χ1) is 12.0. The number of nitrogens with zero attached hydrogens (tertiary/aromatic N) is 4. The third-order valence-electron chi connectivity index (χ3n) is 3.41. The van der Waals surface area contributed by atoms with Crippen molar-refractivity contribution in [3.63, 3.8) is 0 Å². The summed E-state index contributed by atoms with van der Waals surface area (Å²) in [5.74, 6) is 0.387. The topological polar surface area (TPSA) is 64.7 Å². The molecule has 0 bridgehead atoms. The maximum Gasteiger partial charge on any atom is 0.227 e. The van der Waals surface area contributed by atoms with Gasteiger partial charge in [0, 0.05) is 31.4 Å². The molecule has 2 aromatic heterocycles. The van der Waals surface area contributed by atoms with Gasteiger partial charge in [-0.05, 0) is 33.6 Å². The molecule has 0 unspecified atom stereocenters. The van der Waals surface area contributed by atoms with Gasteiger partial charge >= 0.3 is 0 Å². The normalized spacial score (nSPS) is 10.8. The largest absolute Gasteiger partial charge is 0.309 e. The molecule has 130 valence electrons. The quantitative estimate of drug-likeness (QED) is 0.621. The van der Waals surface area contributed by atoms with Gasteiger partial charge in [0.1, 0.15) is 0 Å². The number of rotatable bonds is 6. The van der Waals surface area contributed by atoms with E-state index < -0.39 is 0 Å². The predicted molar refractivity (Wildman–Crippen MR) is 101 cm³/mol. The molecule has 0 spiro atoms. The summed E-state index contributed by atoms with van der Waals surface area (Å²) in [5, 5.41) is 12.2. The number of halogens is 3. The maximum atomic E-state index is 12.0. The van der Waals surface area contributed by atoms with Crippen LogP contribution in [-0.4, -0.2) is 25.5 Å². The van der Waals surface area contributed by atoms with Crippen molar-refractivity contribution in [3.05, 3.63) is 62.9 Å². The van der Waals surface area contributed by atoms with Crippen molar-refractivity contribution in [2.75, 3.05) is 5.32 Å². The van der Waals surface area contributed by atoms with Crippen LogP contribution in [0.1, 0.15) is 12.0 Å². The molecule has 0 saturated carbocycles. The molecule has 1 aromatic carbocycles. The highest BCUT2D eigenvalue weighted by Gasteiger charge is 2.07. The molecule has 25 heavy (non-hydrogen) atoms. The van der Waals surface area contributed by atoms with Gasteiger partial charge < -0.3 is 5.32 Å². The first-order valence-electron chi connectivity index (χ1n) is 7.45. The third-order valence-corrected chi connectivity index (χ3v) is 4.55. The lowest BCUT2D eigenvalue weighted by molar-refractivity contribution is -0.116. The molecule has 0 saturated heterocycles. The molecule has 9 heteroatoms. The smallest absolute Gasteiger partial charge is 0.227 e. The zero-order chi connectivity index (χ0) is 17.8. The van der Waals surface area contributed by atoms with Gasteiger partial charge in [-0.1, -0.05) is 29.3 Å². The average molecular weight is 443 g/mol. The minimum atomic E-state index is -0.119. The molecule has 1 amide bonds. The number of benzene rings is 1. The second-order valence-electron chi connectivity index (χ2n) is 5.37. The van der Waals surface area contributed by atoms with E-state index in [2.05, 4.69) is 31.4 Å². The van der Waals surface area contributed by atoms with Crippen LogP contribution in [0.15, 0.2) is 47.3 Å². The molecule has 0 aliphatic carbocycles. The Morgan fingerprint density at radius 3 is 2.76 bits per heavy atom. The van der Waals surface area contributed by atoms with Crippen LogP contribution in [0, 0.1) is 0 Å². The Morgan fingerprint density at radius 2 is 2.04 bits per heavy atom. The second kappa shape index (κ2) is 8.03. The molecule has 0 radical (unpaired) electrons. The molecule has 2 heterocycles. The highest BCUT2D eigenvalue weighted by atomic mass is 79.9. The zero-order valence-electron chi connectivity index (χ0n) is 13.0. The minimum Gasteiger partial charge on any atom is -0.309 e. The summed E-state index contributed by atoms with van der Waals surface area (Å²) in [5.41, 5.74) is 0.972. The van der Waals surface area contributed by atoms with Gasteiger partial charge in [0.25, 0.3) is 0 Å². The molecule has 0 fully saturated rings. The fourth-order valence-corrected chi connectivity index (χ4v) is 2.87. The number of hydrogen-bond donors (Lipinski definition) is 1. The first kappa shape index (κ1) is 18.0. The summed E-state index contributed by atoms with van der Waals surface area (Å²) in [7, 11) is 0. The molecule has 0 aliphatic heterocycles. The lowest BCUT2D eigenvalue weighted by Gasteiger charge is -2.04. The number of aromatic nitrogens is 4. The van der Waals surface area contributed by atoms with E-state index in [1.165, 1.54) is 0 Å². The van der Waals surface area contributed by atoms with E-state index in [-0.39, 0.29) is 5.91 Å². The molecule has 1 N–H and O–H groups in total. The van der Waals surface area contributed by atoms with Gasteiger partial charge in [-0.25, -0.2) is 0 Å². The minimum absolute atomic E-state index is 0.119. The highest BCUT2D eigenvalue weighted by molar-refractivity contribution is 9.10. The fraction of sp³-hybridized carbons (Fsp3) is 0.188. The van der Waals surface area contributed by atoms with Crippen LogP contribution in [0.25, 0.3) is 0 Å². The van der Waals surface area contributed by atoms with E-state index in [0.29, 0.717) is 35.4 Å². The van der Waals surface area contributed by atoms with Crippen molar-refractivity contribution < 1.29 is 4.79 Å². The van der Waals surface area contributed by atoms with E-state index in [1.807, 2.05) is 12.3 Å². The Kier molecular flexibility index (Phi) is 5.78. The van der Waals surface area contributed by atoms with Crippen LogP contribution < -0.4 is 5.32 Å². The number of carbonyl (C=O) groups excluding carboxylic acids is 1. The Bertz CT molecular complexity index is 892. The molecular weight excluding hydrogens is 429 g/mol. The number of hydrogen-bond acceptors (Lipinski definition) is 3. The SMILES string of the molecule is O=C(CCn1cc(Br)cn1)Nc1ccn(Cc2ccc(Cl)c(Cl)c2)n1. The van der Waals surface area contributed by atoms with E-state index in [9.17, 15) is 4.79 Å². The van der Waals surface area contributed by atoms with Crippen molar-refractivity contribution in [1.82, 2.24) is 19.6 Å². The van der Waals surface area contributed by atoms with Crippen molar-refractivity contribution in [2.24, 2.45) is 0 Å². The summed E-state index contributed by atoms with van der Waals surface area (Å²) in [6, 6.07) is 7.18. The van der Waals surface area contributed by atoms with E-state index >= 15 is 0 Å². The van der Waals surface area contributed by atoms with Gasteiger partial charge in [0.2, 0.25) is 5.91 Å². The Morgan fingerprint density at radius 1 is 1.20 bits per heavy atom. The first-order valence-corrected chi connectivity index (χ1v) is 9.00. The Labute approximate surface area is 162 Å². The lowest BCUT2D eigenvalue weighted by Crippen LogP contribution is -2.15. The predicted octanol–water partition coefficient (Wildman–Crippen LogP) is 4.23. The van der Waals surface area contributed by atoms with Gasteiger partial charge in [0.05, 0.1) is 27.3 Å². The molecule has 6 nitrogen and oxygen atoms in total. The zero-order valence-corrected chi connectivity index (χ0v) is 16.1. The molecule has 0 aliphatic rings. The lowest BCUT2D eigenvalue weighted by atomic mass is 10.2. The molecule has 3 aromatic rings. The van der Waals surface area contributed by atoms with Crippen molar-refractivity contribution in [2.45, 2.75) is 19.5 Å². The number of nitrogens with one attached hydrogen (secondary N) is 1. The Hall–Kier alpha value is -1.83. The van der Waals surface area contributed by atoms with Crippen molar-refractivity contribution >= 4 is 50.9 Å². The average Bonchev–Trinajstić information content (AvgIpc) is 3.18. The standard InChI is InChI=1S/C16H14BrCl2N5O/c17-12-8-20-23(10-12)6-4-16(25)21-15-3-5-24(22-15)9-11-1-2-13(18)14(19)7-11/h1-3,5,7-8,10H,4,6,9H2,(H,21,22,25). The van der Waals surface area contributed by atoms with Gasteiger partial charge in [-0.2, -0.15) is 10.2 Å². The van der Waals surface area contributed by atoms with E-state index in [4.69, 9.17) is 23.2 Å². The molecular formula is C16H14BrCl2N5O. The summed E-state index contributed by atoms with van der Waals surface area (Å²) >= 11 is 15.2. The fourth-order valence-electron chi connectivity index (χ4n) is 2.22. The number of anilines is 1. The maximum absolute atomic E-state index is 12.0. The number of aryl methyl sites for hydroxylation is 1. The number of amides is 1. The van der Waals surface area contributed by atoms with Crippen LogP contribution in [0.4, 0.5) is 5.82 Å². The van der Waals surface area contributed by atoms with Crippen LogP contribution in [-0.2, 0) is 17.9 Å². The summed E-state index contributed by atoms with van der Waals surface area (Å²) in [4.78, 5) is 12.0. The van der Waals surface area contributed by atoms with E-state index in [1.54, 1.807) is 40.0 Å². The van der Waals surface area contributed by atoms with E-state index in [0.717, 1.165) is 10.0 Å². The summed E-state index contributed by atoms with van der Waals surface area (Å²) in [6.45, 7) is 1.04. The summed E-state index contributed by atoms with van der Waals surface area (Å²) in [6.07, 6.45) is 5.61. The van der Waals surface area contributed by atoms with Crippen LogP contribution >= 0.6 is 39.1 Å². The highest BCUT2D eigenvalue weighted by Crippen LogP contribution is 2.23. The molecule has 3 rings (SSSR count). The third kappa shape index (κ3) is 5.07. The molecule has 0 atom stereocenters. The van der Waals surface area contributed by atoms with Gasteiger partial charge in [0.15, 0.2) is 5.82 Å². The van der Waals surface area contributed by atoms with Crippen LogP contribution in [0.2, 0.25) is 10.0 Å². The van der Waals surface area contributed by atoms with Crippen LogP contribution in [0.5, 0.6) is 0 Å². The number of carbonyl (C=O) groups is 1. The van der Waals surface area contributed by atoms with Gasteiger partial charge in [-0.3, -0.25) is 14.2 Å². The van der Waals surface area contributed by atoms with Gasteiger partial charge in [-0.15, -0.1) is 0 Å². The second-order valence-corrected chi connectivity index (χ2v) is 7.10. The summed E-state index contributed by atoms with van der Waals surface area (Å²) < 4.78 is 4.31. The van der Waals surface area contributed by atoms with Crippen LogP contribution in [0.3, 0.4) is 0 Å². The Balaban J connectivity index is 1.53.